The summed E-state index contributed by atoms with van der Waals surface area (Å²) in [4.78, 5) is 30.9. The van der Waals surface area contributed by atoms with Gasteiger partial charge < -0.3 is 15.6 Å². The Balaban J connectivity index is 1.59. The minimum atomic E-state index is -0.187. The van der Waals surface area contributed by atoms with Crippen LogP contribution in [0.2, 0.25) is 5.28 Å². The first-order valence-electron chi connectivity index (χ1n) is 6.49. The number of hydrogen-bond acceptors (Lipinski definition) is 6. The van der Waals surface area contributed by atoms with Gasteiger partial charge in [-0.15, -0.1) is 0 Å². The van der Waals surface area contributed by atoms with Crippen LogP contribution in [0.25, 0.3) is 11.2 Å². The van der Waals surface area contributed by atoms with Gasteiger partial charge in [0, 0.05) is 6.20 Å². The van der Waals surface area contributed by atoms with E-state index >= 15 is 0 Å². The second-order valence-electron chi connectivity index (χ2n) is 4.39. The molecule has 22 heavy (non-hydrogen) atoms. The van der Waals surface area contributed by atoms with E-state index in [-0.39, 0.29) is 17.7 Å². The van der Waals surface area contributed by atoms with Gasteiger partial charge in [-0.3, -0.25) is 9.78 Å². The third-order valence-corrected chi connectivity index (χ3v) is 3.04. The van der Waals surface area contributed by atoms with Crippen LogP contribution >= 0.6 is 11.6 Å². The minimum Gasteiger partial charge on any atom is -0.359 e. The zero-order valence-electron chi connectivity index (χ0n) is 11.4. The molecule has 0 saturated heterocycles. The number of carbonyl (C=O) groups is 1. The minimum absolute atomic E-state index is 0.0499. The van der Waals surface area contributed by atoms with Crippen LogP contribution in [-0.2, 0) is 11.3 Å². The number of nitrogens with zero attached hydrogens (tertiary/aromatic N) is 4. The maximum atomic E-state index is 11.8. The number of pyridine rings is 1. The van der Waals surface area contributed by atoms with Crippen molar-refractivity contribution in [2.75, 3.05) is 11.9 Å². The predicted molar refractivity (Wildman–Crippen MR) is 81.3 cm³/mol. The Kier molecular flexibility index (Phi) is 4.10. The summed E-state index contributed by atoms with van der Waals surface area (Å²) >= 11 is 5.81. The lowest BCUT2D eigenvalue weighted by Gasteiger charge is -2.07. The number of anilines is 1. The zero-order chi connectivity index (χ0) is 15.4. The van der Waals surface area contributed by atoms with Crippen LogP contribution in [-0.4, -0.2) is 37.4 Å². The Bertz CT molecular complexity index is 789. The highest BCUT2D eigenvalue weighted by Crippen LogP contribution is 2.17. The zero-order valence-corrected chi connectivity index (χ0v) is 12.1. The lowest BCUT2D eigenvalue weighted by Crippen LogP contribution is -2.30. The van der Waals surface area contributed by atoms with Crippen LogP contribution in [0.15, 0.2) is 30.7 Å². The summed E-state index contributed by atoms with van der Waals surface area (Å²) in [5.41, 5.74) is 1.83. The normalized spacial score (nSPS) is 10.6. The van der Waals surface area contributed by atoms with Crippen molar-refractivity contribution >= 4 is 34.5 Å². The van der Waals surface area contributed by atoms with Crippen molar-refractivity contribution in [3.8, 4) is 0 Å². The molecule has 0 spiro atoms. The fraction of sp³-hybridized carbons (Fsp3) is 0.154. The van der Waals surface area contributed by atoms with Gasteiger partial charge in [-0.1, -0.05) is 6.07 Å². The molecule has 3 aromatic rings. The van der Waals surface area contributed by atoms with Crippen molar-refractivity contribution in [1.29, 1.82) is 0 Å². The maximum Gasteiger partial charge on any atom is 0.239 e. The highest BCUT2D eigenvalue weighted by atomic mass is 35.5. The molecule has 9 heteroatoms. The topological polar surface area (TPSA) is 108 Å². The molecule has 0 atom stereocenters. The average molecular weight is 318 g/mol. The van der Waals surface area contributed by atoms with Gasteiger partial charge in [0.2, 0.25) is 11.2 Å². The number of halogens is 1. The lowest BCUT2D eigenvalue weighted by molar-refractivity contribution is -0.119. The van der Waals surface area contributed by atoms with Crippen molar-refractivity contribution in [1.82, 2.24) is 30.2 Å². The molecular formula is C13H12ClN7O. The molecule has 0 bridgehead atoms. The number of hydrogen-bond donors (Lipinski definition) is 3. The molecule has 8 nitrogen and oxygen atoms in total. The number of nitrogens with one attached hydrogen (secondary N) is 3. The Morgan fingerprint density at radius 2 is 2.18 bits per heavy atom. The summed E-state index contributed by atoms with van der Waals surface area (Å²) in [7, 11) is 0. The van der Waals surface area contributed by atoms with E-state index in [9.17, 15) is 4.79 Å². The monoisotopic (exact) mass is 317 g/mol. The quantitative estimate of drug-likeness (QED) is 0.609. The van der Waals surface area contributed by atoms with E-state index in [0.717, 1.165) is 5.69 Å². The summed E-state index contributed by atoms with van der Waals surface area (Å²) in [6.45, 7) is 0.416. The average Bonchev–Trinajstić information content (AvgIpc) is 3.00. The molecule has 0 aliphatic rings. The van der Waals surface area contributed by atoms with Crippen molar-refractivity contribution in [2.24, 2.45) is 0 Å². The van der Waals surface area contributed by atoms with Gasteiger partial charge in [-0.25, -0.2) is 4.98 Å². The number of H-pyrrole nitrogens is 1. The van der Waals surface area contributed by atoms with Gasteiger partial charge in [-0.2, -0.15) is 9.97 Å². The summed E-state index contributed by atoms with van der Waals surface area (Å²) < 4.78 is 0. The number of rotatable bonds is 5. The SMILES string of the molecule is O=C(CNc1nc(Cl)nc2nc[nH]c12)NCc1ccccn1. The van der Waals surface area contributed by atoms with E-state index in [2.05, 4.69) is 35.6 Å². The molecule has 3 heterocycles. The van der Waals surface area contributed by atoms with Gasteiger partial charge in [0.05, 0.1) is 25.1 Å². The molecule has 0 aromatic carbocycles. The number of amides is 1. The van der Waals surface area contributed by atoms with Gasteiger partial charge in [-0.05, 0) is 23.7 Å². The highest BCUT2D eigenvalue weighted by molar-refractivity contribution is 6.28. The number of aromatic amines is 1. The first-order chi connectivity index (χ1) is 10.7. The van der Waals surface area contributed by atoms with Crippen LogP contribution in [0, 0.1) is 0 Å². The largest absolute Gasteiger partial charge is 0.359 e. The molecule has 3 rings (SSSR count). The smallest absolute Gasteiger partial charge is 0.239 e. The fourth-order valence-electron chi connectivity index (χ4n) is 1.85. The van der Waals surface area contributed by atoms with E-state index in [0.29, 0.717) is 23.5 Å². The van der Waals surface area contributed by atoms with E-state index in [1.54, 1.807) is 6.20 Å². The van der Waals surface area contributed by atoms with Gasteiger partial charge in [0.25, 0.3) is 0 Å². The van der Waals surface area contributed by atoms with Crippen LogP contribution < -0.4 is 10.6 Å². The molecule has 0 radical (unpaired) electrons. The van der Waals surface area contributed by atoms with E-state index in [1.807, 2.05) is 18.2 Å². The molecular weight excluding hydrogens is 306 g/mol. The number of imidazole rings is 1. The molecule has 112 valence electrons. The Hall–Kier alpha value is -2.74. The second-order valence-corrected chi connectivity index (χ2v) is 4.73. The van der Waals surface area contributed by atoms with Crippen LogP contribution in [0.5, 0.6) is 0 Å². The van der Waals surface area contributed by atoms with E-state index in [4.69, 9.17) is 11.6 Å². The summed E-state index contributed by atoms with van der Waals surface area (Å²) in [5.74, 6) is 0.244. The van der Waals surface area contributed by atoms with Gasteiger partial charge in [0.1, 0.15) is 5.52 Å². The highest BCUT2D eigenvalue weighted by Gasteiger charge is 2.10. The fourth-order valence-corrected chi connectivity index (χ4v) is 2.02. The molecule has 0 unspecified atom stereocenters. The Morgan fingerprint density at radius 3 is 3.00 bits per heavy atom. The number of fused-ring (bicyclic) bond motifs is 1. The second kappa shape index (κ2) is 6.35. The van der Waals surface area contributed by atoms with E-state index < -0.39 is 0 Å². The summed E-state index contributed by atoms with van der Waals surface area (Å²) in [5, 5.41) is 5.74. The van der Waals surface area contributed by atoms with Gasteiger partial charge >= 0.3 is 0 Å². The van der Waals surface area contributed by atoms with Crippen molar-refractivity contribution in [3.63, 3.8) is 0 Å². The predicted octanol–water partition coefficient (Wildman–Crippen LogP) is 1.13. The molecule has 0 aliphatic heterocycles. The van der Waals surface area contributed by atoms with Crippen LogP contribution in [0.1, 0.15) is 5.69 Å². The lowest BCUT2D eigenvalue weighted by atomic mass is 10.3. The van der Waals surface area contributed by atoms with Crippen LogP contribution in [0.4, 0.5) is 5.82 Å². The molecule has 0 fully saturated rings. The first kappa shape index (κ1) is 14.2. The molecule has 3 N–H and O–H groups in total. The molecule has 3 aromatic heterocycles. The molecule has 0 saturated carbocycles. The van der Waals surface area contributed by atoms with Crippen molar-refractivity contribution < 1.29 is 4.79 Å². The third-order valence-electron chi connectivity index (χ3n) is 2.87. The van der Waals surface area contributed by atoms with E-state index in [1.165, 1.54) is 6.33 Å². The number of aromatic nitrogens is 5. The number of carbonyl (C=O) groups excluding carboxylic acids is 1. The summed E-state index contributed by atoms with van der Waals surface area (Å²) in [6.07, 6.45) is 3.17. The maximum absolute atomic E-state index is 11.8. The Labute approximate surface area is 130 Å². The van der Waals surface area contributed by atoms with Crippen molar-refractivity contribution in [3.05, 3.63) is 41.7 Å². The van der Waals surface area contributed by atoms with Crippen LogP contribution in [0.3, 0.4) is 0 Å². The molecule has 0 aliphatic carbocycles. The first-order valence-corrected chi connectivity index (χ1v) is 6.87. The molecule has 1 amide bonds. The van der Waals surface area contributed by atoms with Gasteiger partial charge in [0.15, 0.2) is 11.5 Å². The third kappa shape index (κ3) is 3.29. The Morgan fingerprint density at radius 1 is 1.27 bits per heavy atom. The standard InChI is InChI=1S/C13H12ClN7O/c14-13-20-11(10-12(21-13)19-7-18-10)17-6-9(22)16-5-8-3-1-2-4-15-8/h1-4,7H,5-6H2,(H,16,22)(H2,17,18,19,20,21). The summed E-state index contributed by atoms with van der Waals surface area (Å²) in [6, 6.07) is 5.53. The van der Waals surface area contributed by atoms with Crippen molar-refractivity contribution in [2.45, 2.75) is 6.54 Å².